The van der Waals surface area contributed by atoms with Crippen molar-refractivity contribution < 1.29 is 9.90 Å². The number of aromatic nitrogens is 2. The molecule has 1 amide bonds. The van der Waals surface area contributed by atoms with Crippen LogP contribution >= 0.6 is 11.8 Å². The highest BCUT2D eigenvalue weighted by atomic mass is 32.2. The van der Waals surface area contributed by atoms with E-state index in [-0.39, 0.29) is 17.9 Å². The summed E-state index contributed by atoms with van der Waals surface area (Å²) in [6.07, 6.45) is 2.98. The van der Waals surface area contributed by atoms with Crippen LogP contribution in [0.4, 0.5) is 5.95 Å². The number of aliphatic hydroxyl groups excluding tert-OH is 1. The standard InChI is InChI=1S/C18H25N5O2S/c1-9-15-14(11(3)24)17(25)23(15)10(2)16(9)26-13-7-22(8-13)6-12-4-20-18(19)21-5-12/h4-5,9,11,13-15,24H,6-8H2,1-3H3,(H2,19,20,21). The number of likely N-dealkylation sites (tertiary alicyclic amines) is 1. The Kier molecular flexibility index (Phi) is 4.45. The van der Waals surface area contributed by atoms with Crippen LogP contribution in [0.5, 0.6) is 0 Å². The van der Waals surface area contributed by atoms with E-state index in [2.05, 4.69) is 21.8 Å². The molecule has 0 radical (unpaired) electrons. The summed E-state index contributed by atoms with van der Waals surface area (Å²) >= 11 is 1.90. The molecular weight excluding hydrogens is 350 g/mol. The molecule has 7 nitrogen and oxygen atoms in total. The van der Waals surface area contributed by atoms with Crippen molar-refractivity contribution in [3.63, 3.8) is 0 Å². The van der Waals surface area contributed by atoms with Gasteiger partial charge in [0.25, 0.3) is 0 Å². The molecule has 4 rings (SSSR count). The molecule has 4 heterocycles. The number of amides is 1. The molecule has 2 fully saturated rings. The summed E-state index contributed by atoms with van der Waals surface area (Å²) in [7, 11) is 0. The third kappa shape index (κ3) is 2.80. The molecule has 3 aliphatic heterocycles. The molecule has 0 bridgehead atoms. The molecular formula is C18H25N5O2S. The number of carbonyl (C=O) groups is 1. The van der Waals surface area contributed by atoms with Gasteiger partial charge in [-0.2, -0.15) is 0 Å². The molecule has 0 aromatic carbocycles. The molecule has 0 aliphatic carbocycles. The highest BCUT2D eigenvalue weighted by Gasteiger charge is 2.57. The number of thioether (sulfide) groups is 1. The van der Waals surface area contributed by atoms with Gasteiger partial charge in [0.1, 0.15) is 0 Å². The largest absolute Gasteiger partial charge is 0.393 e. The Labute approximate surface area is 157 Å². The Balaban J connectivity index is 1.34. The molecule has 0 saturated carbocycles. The van der Waals surface area contributed by atoms with Crippen LogP contribution in [-0.2, 0) is 11.3 Å². The Hall–Kier alpha value is -1.64. The van der Waals surface area contributed by atoms with Crippen LogP contribution < -0.4 is 5.73 Å². The predicted octanol–water partition coefficient (Wildman–Crippen LogP) is 1.07. The first kappa shape index (κ1) is 17.8. The Bertz CT molecular complexity index is 744. The molecule has 0 spiro atoms. The van der Waals surface area contributed by atoms with Crippen LogP contribution in [0, 0.1) is 11.8 Å². The SMILES string of the molecule is CC1=C(SC2CN(Cc3cnc(N)nc3)C2)C(C)C2C(C(C)O)C(=O)N12. The number of anilines is 1. The van der Waals surface area contributed by atoms with Gasteiger partial charge < -0.3 is 15.7 Å². The molecule has 1 aromatic heterocycles. The van der Waals surface area contributed by atoms with Gasteiger partial charge in [-0.1, -0.05) is 6.92 Å². The van der Waals surface area contributed by atoms with Crippen molar-refractivity contribution in [2.24, 2.45) is 11.8 Å². The van der Waals surface area contributed by atoms with Crippen molar-refractivity contribution in [1.82, 2.24) is 19.8 Å². The first-order valence-corrected chi connectivity index (χ1v) is 9.92. The quantitative estimate of drug-likeness (QED) is 0.743. The first-order chi connectivity index (χ1) is 12.4. The molecule has 3 N–H and O–H groups in total. The van der Waals surface area contributed by atoms with E-state index in [1.807, 2.05) is 23.6 Å². The first-order valence-electron chi connectivity index (χ1n) is 9.04. The highest BCUT2D eigenvalue weighted by molar-refractivity contribution is 8.03. The monoisotopic (exact) mass is 375 g/mol. The maximum atomic E-state index is 12.3. The minimum Gasteiger partial charge on any atom is -0.393 e. The average Bonchev–Trinajstić information content (AvgIpc) is 2.74. The summed E-state index contributed by atoms with van der Waals surface area (Å²) < 4.78 is 0. The minimum absolute atomic E-state index is 0.0727. The third-order valence-corrected chi connectivity index (χ3v) is 7.25. The topological polar surface area (TPSA) is 95.6 Å². The number of aliphatic hydroxyl groups is 1. The van der Waals surface area contributed by atoms with Crippen molar-refractivity contribution in [3.05, 3.63) is 28.6 Å². The smallest absolute Gasteiger partial charge is 0.234 e. The molecule has 26 heavy (non-hydrogen) atoms. The summed E-state index contributed by atoms with van der Waals surface area (Å²) in [5.41, 5.74) is 7.68. The number of hydrogen-bond acceptors (Lipinski definition) is 7. The number of fused-ring (bicyclic) bond motifs is 1. The zero-order valence-electron chi connectivity index (χ0n) is 15.3. The second kappa shape index (κ2) is 6.51. The second-order valence-corrected chi connectivity index (χ2v) is 8.93. The van der Waals surface area contributed by atoms with E-state index in [0.29, 0.717) is 17.1 Å². The molecule has 3 aliphatic rings. The number of β-lactam (4-membered cyclic amide) rings is 1. The fraction of sp³-hybridized carbons (Fsp3) is 0.611. The van der Waals surface area contributed by atoms with Crippen molar-refractivity contribution in [2.45, 2.75) is 44.7 Å². The average molecular weight is 375 g/mol. The van der Waals surface area contributed by atoms with Crippen LogP contribution in [0.3, 0.4) is 0 Å². The molecule has 4 unspecified atom stereocenters. The summed E-state index contributed by atoms with van der Waals surface area (Å²) in [5.74, 6) is 0.431. The summed E-state index contributed by atoms with van der Waals surface area (Å²) in [6.45, 7) is 8.80. The maximum absolute atomic E-state index is 12.3. The maximum Gasteiger partial charge on any atom is 0.234 e. The zero-order chi connectivity index (χ0) is 18.6. The van der Waals surface area contributed by atoms with Crippen molar-refractivity contribution in [1.29, 1.82) is 0 Å². The van der Waals surface area contributed by atoms with E-state index >= 15 is 0 Å². The van der Waals surface area contributed by atoms with Crippen LogP contribution in [-0.4, -0.2) is 61.3 Å². The summed E-state index contributed by atoms with van der Waals surface area (Å²) in [5, 5.41) is 10.5. The molecule has 4 atom stereocenters. The number of nitrogens with two attached hydrogens (primary N) is 1. The van der Waals surface area contributed by atoms with Gasteiger partial charge >= 0.3 is 0 Å². The third-order valence-electron chi connectivity index (χ3n) is 5.70. The minimum atomic E-state index is -0.579. The number of carbonyl (C=O) groups excluding carboxylic acids is 1. The van der Waals surface area contributed by atoms with Gasteiger partial charge in [0, 0.05) is 59.4 Å². The van der Waals surface area contributed by atoms with E-state index in [4.69, 9.17) is 5.73 Å². The molecule has 2 saturated heterocycles. The lowest BCUT2D eigenvalue weighted by molar-refractivity contribution is -0.159. The molecule has 1 aromatic rings. The lowest BCUT2D eigenvalue weighted by atomic mass is 9.79. The van der Waals surface area contributed by atoms with Gasteiger partial charge in [-0.3, -0.25) is 9.69 Å². The number of allylic oxidation sites excluding steroid dienone is 1. The van der Waals surface area contributed by atoms with Gasteiger partial charge in [0.2, 0.25) is 11.9 Å². The summed E-state index contributed by atoms with van der Waals surface area (Å²) in [6, 6.07) is 0.133. The van der Waals surface area contributed by atoms with E-state index in [0.717, 1.165) is 30.9 Å². The van der Waals surface area contributed by atoms with Crippen LogP contribution in [0.1, 0.15) is 26.3 Å². The van der Waals surface area contributed by atoms with E-state index < -0.39 is 6.10 Å². The van der Waals surface area contributed by atoms with Gasteiger partial charge in [0.05, 0.1) is 18.1 Å². The van der Waals surface area contributed by atoms with Gasteiger partial charge in [-0.05, 0) is 13.8 Å². The van der Waals surface area contributed by atoms with Crippen molar-refractivity contribution >= 4 is 23.6 Å². The molecule has 140 valence electrons. The lowest BCUT2D eigenvalue weighted by Crippen LogP contribution is -2.62. The predicted molar refractivity (Wildman–Crippen MR) is 101 cm³/mol. The van der Waals surface area contributed by atoms with Gasteiger partial charge in [-0.25, -0.2) is 9.97 Å². The second-order valence-electron chi connectivity index (χ2n) is 7.59. The van der Waals surface area contributed by atoms with E-state index in [1.54, 1.807) is 19.3 Å². The van der Waals surface area contributed by atoms with E-state index in [9.17, 15) is 9.90 Å². The van der Waals surface area contributed by atoms with Gasteiger partial charge in [0.15, 0.2) is 0 Å². The van der Waals surface area contributed by atoms with Crippen molar-refractivity contribution in [2.75, 3.05) is 18.8 Å². The van der Waals surface area contributed by atoms with E-state index in [1.165, 1.54) is 4.91 Å². The number of nitrogens with zero attached hydrogens (tertiary/aromatic N) is 4. The fourth-order valence-corrected chi connectivity index (χ4v) is 5.91. The van der Waals surface area contributed by atoms with Gasteiger partial charge in [-0.15, -0.1) is 11.8 Å². The van der Waals surface area contributed by atoms with Crippen LogP contribution in [0.15, 0.2) is 23.0 Å². The normalized spacial score (nSPS) is 30.2. The highest BCUT2D eigenvalue weighted by Crippen LogP contribution is 2.51. The lowest BCUT2D eigenvalue weighted by Gasteiger charge is -2.46. The van der Waals surface area contributed by atoms with Crippen LogP contribution in [0.25, 0.3) is 0 Å². The fourth-order valence-electron chi connectivity index (χ4n) is 4.35. The summed E-state index contributed by atoms with van der Waals surface area (Å²) in [4.78, 5) is 26.0. The van der Waals surface area contributed by atoms with Crippen molar-refractivity contribution in [3.8, 4) is 0 Å². The number of rotatable bonds is 5. The Morgan fingerprint density at radius 2 is 2.04 bits per heavy atom. The Morgan fingerprint density at radius 3 is 2.65 bits per heavy atom. The number of nitrogen functional groups attached to an aromatic ring is 1. The Morgan fingerprint density at radius 1 is 1.38 bits per heavy atom. The molecule has 8 heteroatoms. The zero-order valence-corrected chi connectivity index (χ0v) is 16.1. The van der Waals surface area contributed by atoms with Crippen LogP contribution in [0.2, 0.25) is 0 Å². The number of hydrogen-bond donors (Lipinski definition) is 2.